The van der Waals surface area contributed by atoms with Gasteiger partial charge in [0.2, 0.25) is 0 Å². The average molecular weight is 277 g/mol. The van der Waals surface area contributed by atoms with Crippen LogP contribution >= 0.6 is 0 Å². The standard InChI is InChI=1S/C18H31NO/c1-2-10-19-15-18(16-6-4-3-5-7-16)13-17(14-18)8-11-20-12-9-17/h6,19H,2-5,7-15H2,1H3. The third-order valence-electron chi connectivity index (χ3n) is 5.84. The molecule has 0 atom stereocenters. The third-order valence-corrected chi connectivity index (χ3v) is 5.84. The second-order valence-electron chi connectivity index (χ2n) is 7.40. The first-order valence-corrected chi connectivity index (χ1v) is 8.77. The van der Waals surface area contributed by atoms with E-state index in [1.165, 1.54) is 70.9 Å². The van der Waals surface area contributed by atoms with E-state index in [9.17, 15) is 0 Å². The molecule has 2 heteroatoms. The summed E-state index contributed by atoms with van der Waals surface area (Å²) in [7, 11) is 0. The fourth-order valence-electron chi connectivity index (χ4n) is 4.83. The van der Waals surface area contributed by atoms with Crippen LogP contribution in [0.5, 0.6) is 0 Å². The monoisotopic (exact) mass is 277 g/mol. The molecule has 2 aliphatic carbocycles. The van der Waals surface area contributed by atoms with Gasteiger partial charge in [0.05, 0.1) is 0 Å². The lowest BCUT2D eigenvalue weighted by Crippen LogP contribution is -2.54. The summed E-state index contributed by atoms with van der Waals surface area (Å²) in [4.78, 5) is 0. The normalized spacial score (nSPS) is 27.9. The van der Waals surface area contributed by atoms with E-state index in [0.29, 0.717) is 10.8 Å². The molecule has 0 aromatic rings. The molecule has 3 rings (SSSR count). The summed E-state index contributed by atoms with van der Waals surface area (Å²) in [5.41, 5.74) is 2.93. The highest BCUT2D eigenvalue weighted by Gasteiger charge is 2.55. The van der Waals surface area contributed by atoms with Gasteiger partial charge in [-0.2, -0.15) is 0 Å². The van der Waals surface area contributed by atoms with Gasteiger partial charge in [-0.1, -0.05) is 18.6 Å². The summed E-state index contributed by atoms with van der Waals surface area (Å²) < 4.78 is 5.58. The smallest absolute Gasteiger partial charge is 0.0471 e. The van der Waals surface area contributed by atoms with Gasteiger partial charge in [-0.25, -0.2) is 0 Å². The van der Waals surface area contributed by atoms with E-state index in [1.807, 2.05) is 0 Å². The fourth-order valence-corrected chi connectivity index (χ4v) is 4.83. The van der Waals surface area contributed by atoms with Crippen molar-refractivity contribution in [2.75, 3.05) is 26.3 Å². The molecule has 1 aliphatic heterocycles. The molecular formula is C18H31NO. The van der Waals surface area contributed by atoms with Crippen LogP contribution in [0.4, 0.5) is 0 Å². The summed E-state index contributed by atoms with van der Waals surface area (Å²) in [5, 5.41) is 3.73. The molecule has 1 heterocycles. The highest BCUT2D eigenvalue weighted by molar-refractivity contribution is 5.25. The summed E-state index contributed by atoms with van der Waals surface area (Å²) in [6.45, 7) is 6.65. The van der Waals surface area contributed by atoms with E-state index in [2.05, 4.69) is 18.3 Å². The number of allylic oxidation sites excluding steroid dienone is 1. The summed E-state index contributed by atoms with van der Waals surface area (Å²) >= 11 is 0. The van der Waals surface area contributed by atoms with E-state index in [-0.39, 0.29) is 0 Å². The molecule has 0 bridgehead atoms. The zero-order valence-corrected chi connectivity index (χ0v) is 13.2. The van der Waals surface area contributed by atoms with Crippen molar-refractivity contribution in [2.45, 2.75) is 64.7 Å². The Balaban J connectivity index is 1.67. The Bertz CT molecular complexity index is 346. The minimum Gasteiger partial charge on any atom is -0.381 e. The Labute approximate surface area is 124 Å². The zero-order chi connectivity index (χ0) is 13.9. The molecule has 0 aromatic heterocycles. The van der Waals surface area contributed by atoms with E-state index < -0.39 is 0 Å². The number of hydrogen-bond acceptors (Lipinski definition) is 2. The van der Waals surface area contributed by atoms with E-state index >= 15 is 0 Å². The molecule has 2 nitrogen and oxygen atoms in total. The van der Waals surface area contributed by atoms with Gasteiger partial charge in [0.15, 0.2) is 0 Å². The van der Waals surface area contributed by atoms with Crippen LogP contribution in [0.3, 0.4) is 0 Å². The van der Waals surface area contributed by atoms with Crippen molar-refractivity contribution in [3.63, 3.8) is 0 Å². The maximum absolute atomic E-state index is 5.58. The van der Waals surface area contributed by atoms with Gasteiger partial charge in [0, 0.05) is 25.2 Å². The van der Waals surface area contributed by atoms with Crippen molar-refractivity contribution in [3.8, 4) is 0 Å². The van der Waals surface area contributed by atoms with Crippen LogP contribution in [0.25, 0.3) is 0 Å². The van der Waals surface area contributed by atoms with Crippen molar-refractivity contribution >= 4 is 0 Å². The van der Waals surface area contributed by atoms with Gasteiger partial charge in [0.25, 0.3) is 0 Å². The summed E-state index contributed by atoms with van der Waals surface area (Å²) in [6, 6.07) is 0. The van der Waals surface area contributed by atoms with Gasteiger partial charge < -0.3 is 10.1 Å². The molecule has 1 saturated heterocycles. The number of nitrogens with one attached hydrogen (secondary N) is 1. The van der Waals surface area contributed by atoms with Crippen LogP contribution in [0, 0.1) is 10.8 Å². The topological polar surface area (TPSA) is 21.3 Å². The molecule has 2 fully saturated rings. The zero-order valence-electron chi connectivity index (χ0n) is 13.2. The third kappa shape index (κ3) is 2.82. The van der Waals surface area contributed by atoms with Crippen molar-refractivity contribution in [1.82, 2.24) is 5.32 Å². The van der Waals surface area contributed by atoms with Crippen LogP contribution in [0.15, 0.2) is 11.6 Å². The van der Waals surface area contributed by atoms with E-state index in [4.69, 9.17) is 4.74 Å². The van der Waals surface area contributed by atoms with Crippen LogP contribution < -0.4 is 5.32 Å². The van der Waals surface area contributed by atoms with Crippen LogP contribution in [-0.2, 0) is 4.74 Å². The predicted octanol–water partition coefficient (Wildman–Crippen LogP) is 4.06. The van der Waals surface area contributed by atoms with Gasteiger partial charge in [0.1, 0.15) is 0 Å². The lowest BCUT2D eigenvalue weighted by atomic mass is 9.47. The van der Waals surface area contributed by atoms with Gasteiger partial charge >= 0.3 is 0 Å². The van der Waals surface area contributed by atoms with Gasteiger partial charge in [-0.3, -0.25) is 0 Å². The van der Waals surface area contributed by atoms with Gasteiger partial charge in [-0.05, 0) is 69.7 Å². The van der Waals surface area contributed by atoms with Crippen molar-refractivity contribution in [3.05, 3.63) is 11.6 Å². The van der Waals surface area contributed by atoms with Crippen LogP contribution in [0.2, 0.25) is 0 Å². The number of rotatable bonds is 5. The molecule has 0 aromatic carbocycles. The lowest BCUT2D eigenvalue weighted by molar-refractivity contribution is -0.0929. The Morgan fingerprint density at radius 3 is 2.65 bits per heavy atom. The Hall–Kier alpha value is -0.340. The fraction of sp³-hybridized carbons (Fsp3) is 0.889. The number of ether oxygens (including phenoxy) is 1. The minimum atomic E-state index is 0.507. The maximum atomic E-state index is 5.58. The largest absolute Gasteiger partial charge is 0.381 e. The molecule has 114 valence electrons. The molecule has 0 amide bonds. The first kappa shape index (κ1) is 14.6. The predicted molar refractivity (Wildman–Crippen MR) is 83.9 cm³/mol. The highest BCUT2D eigenvalue weighted by Crippen LogP contribution is 2.63. The van der Waals surface area contributed by atoms with E-state index in [1.54, 1.807) is 5.57 Å². The van der Waals surface area contributed by atoms with Gasteiger partial charge in [-0.15, -0.1) is 0 Å². The quantitative estimate of drug-likeness (QED) is 0.604. The molecule has 1 spiro atoms. The lowest BCUT2D eigenvalue weighted by Gasteiger charge is -2.60. The molecule has 0 unspecified atom stereocenters. The molecule has 3 aliphatic rings. The SMILES string of the molecule is CCCNCC1(C2=CCCCC2)CC2(CCOCC2)C1. The van der Waals surface area contributed by atoms with Crippen molar-refractivity contribution in [2.24, 2.45) is 10.8 Å². The molecular weight excluding hydrogens is 246 g/mol. The molecule has 20 heavy (non-hydrogen) atoms. The van der Waals surface area contributed by atoms with Crippen LogP contribution in [-0.4, -0.2) is 26.3 Å². The Kier molecular flexibility index (Phi) is 4.52. The Morgan fingerprint density at radius 1 is 1.20 bits per heavy atom. The first-order chi connectivity index (χ1) is 9.79. The van der Waals surface area contributed by atoms with Crippen molar-refractivity contribution < 1.29 is 4.74 Å². The first-order valence-electron chi connectivity index (χ1n) is 8.77. The summed E-state index contributed by atoms with van der Waals surface area (Å²) in [5.74, 6) is 0. The second kappa shape index (κ2) is 6.19. The highest BCUT2D eigenvalue weighted by atomic mass is 16.5. The van der Waals surface area contributed by atoms with E-state index in [0.717, 1.165) is 13.2 Å². The Morgan fingerprint density at radius 2 is 2.00 bits per heavy atom. The van der Waals surface area contributed by atoms with Crippen LogP contribution in [0.1, 0.15) is 64.7 Å². The molecule has 1 N–H and O–H groups in total. The summed E-state index contributed by atoms with van der Waals surface area (Å²) in [6.07, 6.45) is 14.8. The second-order valence-corrected chi connectivity index (χ2v) is 7.40. The average Bonchev–Trinajstić information content (AvgIpc) is 2.47. The maximum Gasteiger partial charge on any atom is 0.0471 e. The minimum absolute atomic E-state index is 0.507. The van der Waals surface area contributed by atoms with Crippen molar-refractivity contribution in [1.29, 1.82) is 0 Å². The molecule has 0 radical (unpaired) electrons. The number of hydrogen-bond donors (Lipinski definition) is 1. The molecule has 1 saturated carbocycles.